The third kappa shape index (κ3) is 2.52. The molecule has 0 bridgehead atoms. The Kier molecular flexibility index (Phi) is 4.32. The van der Waals surface area contributed by atoms with E-state index in [-0.39, 0.29) is 5.91 Å². The number of carbonyl (C=O) groups excluding carboxylic acids is 1. The van der Waals surface area contributed by atoms with Gasteiger partial charge in [0.15, 0.2) is 5.69 Å². The van der Waals surface area contributed by atoms with Crippen molar-refractivity contribution in [3.63, 3.8) is 0 Å². The van der Waals surface area contributed by atoms with Crippen LogP contribution in [0.1, 0.15) is 23.0 Å². The highest BCUT2D eigenvalue weighted by Gasteiger charge is 2.17. The van der Waals surface area contributed by atoms with E-state index in [1.165, 1.54) is 22.9 Å². The van der Waals surface area contributed by atoms with Gasteiger partial charge in [0, 0.05) is 20.3 Å². The van der Waals surface area contributed by atoms with Crippen LogP contribution in [0.5, 0.6) is 0 Å². The quantitative estimate of drug-likeness (QED) is 0.749. The zero-order valence-corrected chi connectivity index (χ0v) is 10.3. The van der Waals surface area contributed by atoms with Gasteiger partial charge < -0.3 is 4.90 Å². The van der Waals surface area contributed by atoms with Crippen LogP contribution in [0.15, 0.2) is 17.2 Å². The van der Waals surface area contributed by atoms with Crippen molar-refractivity contribution in [1.29, 1.82) is 5.26 Å². The molecule has 1 rings (SSSR count). The first-order chi connectivity index (χ1) is 7.61. The number of hydrogen-bond donors (Lipinski definition) is 0. The summed E-state index contributed by atoms with van der Waals surface area (Å²) >= 11 is 1.47. The van der Waals surface area contributed by atoms with E-state index in [0.29, 0.717) is 16.2 Å². The normalized spacial score (nSPS) is 9.62. The number of amides is 1. The molecule has 84 valence electrons. The summed E-state index contributed by atoms with van der Waals surface area (Å²) < 4.78 is 0. The van der Waals surface area contributed by atoms with Gasteiger partial charge in [-0.25, -0.2) is 4.98 Å². The fourth-order valence-electron chi connectivity index (χ4n) is 1.23. The number of aromatic nitrogens is 1. The van der Waals surface area contributed by atoms with E-state index in [1.54, 1.807) is 20.2 Å². The highest BCUT2D eigenvalue weighted by Crippen LogP contribution is 2.25. The Bertz CT molecular complexity index is 437. The molecule has 0 saturated heterocycles. The van der Waals surface area contributed by atoms with Crippen molar-refractivity contribution in [2.24, 2.45) is 0 Å². The van der Waals surface area contributed by atoms with E-state index >= 15 is 0 Å². The standard InChI is InChI=1S/C11H13N3OS/c1-4-16-10-8(11(15)14(2)3)5-6-13-9(10)7-12/h5-6H,4H2,1-3H3. The monoisotopic (exact) mass is 235 g/mol. The van der Waals surface area contributed by atoms with Crippen LogP contribution in [0.25, 0.3) is 0 Å². The molecule has 1 amide bonds. The lowest BCUT2D eigenvalue weighted by Gasteiger charge is -2.13. The van der Waals surface area contributed by atoms with Crippen molar-refractivity contribution in [3.8, 4) is 6.07 Å². The zero-order valence-electron chi connectivity index (χ0n) is 9.52. The molecule has 16 heavy (non-hydrogen) atoms. The summed E-state index contributed by atoms with van der Waals surface area (Å²) in [5.41, 5.74) is 0.864. The van der Waals surface area contributed by atoms with Crippen LogP contribution in [0, 0.1) is 11.3 Å². The fourth-order valence-corrected chi connectivity index (χ4v) is 2.06. The molecule has 0 aliphatic rings. The minimum atomic E-state index is -0.102. The summed E-state index contributed by atoms with van der Waals surface area (Å²) in [6, 6.07) is 3.67. The summed E-state index contributed by atoms with van der Waals surface area (Å²) in [4.78, 5) is 18.0. The topological polar surface area (TPSA) is 57.0 Å². The lowest BCUT2D eigenvalue weighted by molar-refractivity contribution is 0.0824. The minimum Gasteiger partial charge on any atom is -0.345 e. The van der Waals surface area contributed by atoms with Gasteiger partial charge in [0.05, 0.1) is 10.5 Å². The lowest BCUT2D eigenvalue weighted by Crippen LogP contribution is -2.22. The molecular formula is C11H13N3OS. The van der Waals surface area contributed by atoms with Crippen LogP contribution in [0.4, 0.5) is 0 Å². The van der Waals surface area contributed by atoms with Crippen molar-refractivity contribution < 1.29 is 4.79 Å². The highest BCUT2D eigenvalue weighted by molar-refractivity contribution is 7.99. The first kappa shape index (κ1) is 12.5. The Morgan fingerprint density at radius 3 is 2.81 bits per heavy atom. The predicted octanol–water partition coefficient (Wildman–Crippen LogP) is 1.77. The van der Waals surface area contributed by atoms with Crippen LogP contribution < -0.4 is 0 Å². The summed E-state index contributed by atoms with van der Waals surface area (Å²) in [6.45, 7) is 1.97. The summed E-state index contributed by atoms with van der Waals surface area (Å²) in [7, 11) is 3.38. The first-order valence-electron chi connectivity index (χ1n) is 4.85. The number of carbonyl (C=O) groups is 1. The van der Waals surface area contributed by atoms with Gasteiger partial charge in [-0.2, -0.15) is 5.26 Å². The van der Waals surface area contributed by atoms with E-state index < -0.39 is 0 Å². The number of thioether (sulfide) groups is 1. The van der Waals surface area contributed by atoms with Crippen LogP contribution in [0.3, 0.4) is 0 Å². The molecule has 0 aliphatic heterocycles. The molecule has 5 heteroatoms. The second-order valence-corrected chi connectivity index (χ2v) is 4.55. The van der Waals surface area contributed by atoms with Gasteiger partial charge in [0.25, 0.3) is 5.91 Å². The Morgan fingerprint density at radius 2 is 2.31 bits per heavy atom. The molecule has 1 aromatic heterocycles. The Balaban J connectivity index is 3.28. The van der Waals surface area contributed by atoms with Gasteiger partial charge in [-0.3, -0.25) is 4.79 Å². The second-order valence-electron chi connectivity index (χ2n) is 3.28. The van der Waals surface area contributed by atoms with Gasteiger partial charge >= 0.3 is 0 Å². The van der Waals surface area contributed by atoms with Gasteiger partial charge in [-0.15, -0.1) is 11.8 Å². The average Bonchev–Trinajstić information content (AvgIpc) is 2.28. The molecule has 1 aromatic rings. The molecule has 0 spiro atoms. The Hall–Kier alpha value is -1.54. The Morgan fingerprint density at radius 1 is 1.62 bits per heavy atom. The smallest absolute Gasteiger partial charge is 0.254 e. The molecule has 0 unspecified atom stereocenters. The molecular weight excluding hydrogens is 222 g/mol. The summed E-state index contributed by atoms with van der Waals surface area (Å²) in [6.07, 6.45) is 1.50. The summed E-state index contributed by atoms with van der Waals surface area (Å²) in [5, 5.41) is 8.94. The molecule has 0 aliphatic carbocycles. The first-order valence-corrected chi connectivity index (χ1v) is 5.84. The number of hydrogen-bond acceptors (Lipinski definition) is 4. The van der Waals surface area contributed by atoms with Crippen LogP contribution >= 0.6 is 11.8 Å². The molecule has 0 fully saturated rings. The summed E-state index contributed by atoms with van der Waals surface area (Å²) in [5.74, 6) is 0.698. The van der Waals surface area contributed by atoms with Gasteiger partial charge in [-0.05, 0) is 11.8 Å². The van der Waals surface area contributed by atoms with Gasteiger partial charge in [0.2, 0.25) is 0 Å². The number of nitriles is 1. The number of nitrogens with zero attached hydrogens (tertiary/aromatic N) is 3. The molecule has 1 heterocycles. The molecule has 0 N–H and O–H groups in total. The van der Waals surface area contributed by atoms with E-state index in [2.05, 4.69) is 4.98 Å². The second kappa shape index (κ2) is 5.52. The van der Waals surface area contributed by atoms with E-state index in [0.717, 1.165) is 5.75 Å². The molecule has 0 aromatic carbocycles. The molecule has 4 nitrogen and oxygen atoms in total. The third-order valence-electron chi connectivity index (χ3n) is 1.94. The van der Waals surface area contributed by atoms with Crippen LogP contribution in [-0.2, 0) is 0 Å². The van der Waals surface area contributed by atoms with Crippen molar-refractivity contribution in [1.82, 2.24) is 9.88 Å². The Labute approximate surface area is 99.3 Å². The zero-order chi connectivity index (χ0) is 12.1. The van der Waals surface area contributed by atoms with Gasteiger partial charge in [-0.1, -0.05) is 6.92 Å². The van der Waals surface area contributed by atoms with E-state index in [9.17, 15) is 4.79 Å². The highest BCUT2D eigenvalue weighted by atomic mass is 32.2. The molecule has 0 radical (unpaired) electrons. The number of pyridine rings is 1. The maximum absolute atomic E-state index is 11.9. The SMILES string of the molecule is CCSc1c(C(=O)N(C)C)ccnc1C#N. The number of rotatable bonds is 3. The van der Waals surface area contributed by atoms with Crippen LogP contribution in [-0.4, -0.2) is 35.6 Å². The largest absolute Gasteiger partial charge is 0.345 e. The molecule has 0 saturated carbocycles. The molecule has 0 atom stereocenters. The minimum absolute atomic E-state index is 0.102. The van der Waals surface area contributed by atoms with Gasteiger partial charge in [0.1, 0.15) is 6.07 Å². The maximum atomic E-state index is 11.9. The van der Waals surface area contributed by atoms with E-state index in [1.807, 2.05) is 13.0 Å². The van der Waals surface area contributed by atoms with E-state index in [4.69, 9.17) is 5.26 Å². The van der Waals surface area contributed by atoms with Crippen molar-refractivity contribution in [2.75, 3.05) is 19.8 Å². The van der Waals surface area contributed by atoms with Crippen molar-refractivity contribution in [2.45, 2.75) is 11.8 Å². The van der Waals surface area contributed by atoms with Crippen molar-refractivity contribution in [3.05, 3.63) is 23.5 Å². The fraction of sp³-hybridized carbons (Fsp3) is 0.364. The predicted molar refractivity (Wildman–Crippen MR) is 63.4 cm³/mol. The maximum Gasteiger partial charge on any atom is 0.254 e. The lowest BCUT2D eigenvalue weighted by atomic mass is 10.2. The average molecular weight is 235 g/mol. The van der Waals surface area contributed by atoms with Crippen molar-refractivity contribution >= 4 is 17.7 Å². The third-order valence-corrected chi connectivity index (χ3v) is 2.93. The van der Waals surface area contributed by atoms with Crippen LogP contribution in [0.2, 0.25) is 0 Å².